The maximum atomic E-state index is 13.1. The van der Waals surface area contributed by atoms with Crippen molar-refractivity contribution in [3.05, 3.63) is 105 Å². The quantitative estimate of drug-likeness (QED) is 0.121. The summed E-state index contributed by atoms with van der Waals surface area (Å²) in [4.78, 5) is 18.0. The van der Waals surface area contributed by atoms with E-state index in [0.717, 1.165) is 66.6 Å². The molecule has 3 aliphatic rings. The Kier molecular flexibility index (Phi) is 11.6. The van der Waals surface area contributed by atoms with Crippen LogP contribution >= 0.6 is 23.2 Å². The second-order valence-corrected chi connectivity index (χ2v) is 14.6. The number of fused-ring (bicyclic) bond motifs is 1. The largest absolute Gasteiger partial charge is 0.492 e. The number of hydrogen-bond acceptors (Lipinski definition) is 8. The maximum absolute atomic E-state index is 13.1. The molecule has 52 heavy (non-hydrogen) atoms. The number of Topliss-reactive ketones (excluding diaryl/α,β-unsaturated/α-hetero) is 1. The topological polar surface area (TPSA) is 96.7 Å². The van der Waals surface area contributed by atoms with Crippen LogP contribution in [0.1, 0.15) is 66.0 Å². The van der Waals surface area contributed by atoms with E-state index >= 15 is 0 Å². The highest BCUT2D eigenvalue weighted by Gasteiger charge is 2.29. The van der Waals surface area contributed by atoms with E-state index < -0.39 is 6.17 Å². The molecule has 2 aliphatic carbocycles. The number of nitriles is 1. The minimum atomic E-state index is -0.703. The third kappa shape index (κ3) is 8.53. The molecule has 2 atom stereocenters. The zero-order valence-corrected chi connectivity index (χ0v) is 30.4. The van der Waals surface area contributed by atoms with E-state index in [2.05, 4.69) is 33.4 Å². The number of pyridine rings is 1. The normalized spacial score (nSPS) is 18.5. The van der Waals surface area contributed by atoms with Gasteiger partial charge in [-0.3, -0.25) is 14.7 Å². The van der Waals surface area contributed by atoms with Gasteiger partial charge in [-0.05, 0) is 73.0 Å². The minimum Gasteiger partial charge on any atom is -0.492 e. The summed E-state index contributed by atoms with van der Waals surface area (Å²) in [5, 5.41) is 13.9. The summed E-state index contributed by atoms with van der Waals surface area (Å²) >= 11 is 13.8. The first-order chi connectivity index (χ1) is 25.3. The zero-order valence-electron chi connectivity index (χ0n) is 28.9. The molecule has 0 bridgehead atoms. The van der Waals surface area contributed by atoms with Crippen molar-refractivity contribution in [1.29, 1.82) is 5.26 Å². The molecule has 1 saturated heterocycles. The fourth-order valence-electron chi connectivity index (χ4n) is 7.34. The highest BCUT2D eigenvalue weighted by atomic mass is 35.5. The number of hydrogen-bond donors (Lipinski definition) is 1. The molecule has 0 unspecified atom stereocenters. The molecule has 270 valence electrons. The molecule has 11 heteroatoms. The van der Waals surface area contributed by atoms with Crippen LogP contribution < -0.4 is 19.5 Å². The van der Waals surface area contributed by atoms with Crippen LogP contribution in [0.4, 0.5) is 4.39 Å². The fourth-order valence-corrected chi connectivity index (χ4v) is 7.85. The lowest BCUT2D eigenvalue weighted by atomic mass is 9.96. The van der Waals surface area contributed by atoms with Crippen molar-refractivity contribution in [2.75, 3.05) is 32.8 Å². The lowest BCUT2D eigenvalue weighted by molar-refractivity contribution is -0.117. The van der Waals surface area contributed by atoms with Crippen LogP contribution in [0, 0.1) is 17.2 Å². The van der Waals surface area contributed by atoms with Crippen LogP contribution in [0.15, 0.2) is 67.0 Å². The Morgan fingerprint density at radius 1 is 0.981 bits per heavy atom. The van der Waals surface area contributed by atoms with E-state index in [-0.39, 0.29) is 12.7 Å². The predicted octanol–water partition coefficient (Wildman–Crippen LogP) is 8.45. The highest BCUT2D eigenvalue weighted by Crippen LogP contribution is 2.45. The number of carbonyl (C=O) groups is 1. The van der Waals surface area contributed by atoms with Crippen LogP contribution in [-0.4, -0.2) is 54.6 Å². The number of likely N-dealkylation sites (tertiary alicyclic amines) is 1. The van der Waals surface area contributed by atoms with Gasteiger partial charge in [0.05, 0.1) is 22.2 Å². The SMILES string of the molecule is N#Cc1cncc(COc2cc(O[C@H]3CCc4c(-c5cccc(OCCCN6CC(F)C6)c5Cl)cccc43)c(Cl)cc2CNC[C@@H]2CCC(=O)C2)c1. The number of benzene rings is 3. The number of ketones is 1. The van der Waals surface area contributed by atoms with Gasteiger partial charge in [0.15, 0.2) is 0 Å². The number of rotatable bonds is 15. The first-order valence-electron chi connectivity index (χ1n) is 17.9. The Morgan fingerprint density at radius 2 is 1.83 bits per heavy atom. The van der Waals surface area contributed by atoms with E-state index in [9.17, 15) is 14.4 Å². The molecular formula is C41H41Cl2FN4O4. The highest BCUT2D eigenvalue weighted by molar-refractivity contribution is 6.35. The minimum absolute atomic E-state index is 0.213. The van der Waals surface area contributed by atoms with Gasteiger partial charge in [0, 0.05) is 74.2 Å². The van der Waals surface area contributed by atoms with Gasteiger partial charge in [-0.15, -0.1) is 0 Å². The second kappa shape index (κ2) is 16.6. The van der Waals surface area contributed by atoms with Gasteiger partial charge >= 0.3 is 0 Å². The second-order valence-electron chi connectivity index (χ2n) is 13.8. The number of alkyl halides is 1. The lowest BCUT2D eigenvalue weighted by Gasteiger charge is -2.34. The molecule has 0 spiro atoms. The summed E-state index contributed by atoms with van der Waals surface area (Å²) in [5.74, 6) is 2.42. The Bertz CT molecular complexity index is 1960. The number of carbonyl (C=O) groups excluding carboxylic acids is 1. The first-order valence-corrected chi connectivity index (χ1v) is 18.7. The standard InChI is InChI=1S/C41H41Cl2FN4O4/c42-36-16-29(22-47-19-26-8-9-31(49)15-26)39(51-25-28-14-27(18-45)20-46-21-28)17-40(36)52-37-11-10-33-32(4-1-5-34(33)37)35-6-2-7-38(41(35)43)50-13-3-12-48-23-30(44)24-48/h1-2,4-7,14,16-17,20-21,26,30,37,47H,3,8-13,15,19,22-25H2/t26-,37+/m1/s1. The number of ether oxygens (including phenoxy) is 3. The van der Waals surface area contributed by atoms with Gasteiger partial charge in [0.2, 0.25) is 0 Å². The summed E-state index contributed by atoms with van der Waals surface area (Å²) in [6, 6.07) is 19.7. The maximum Gasteiger partial charge on any atom is 0.142 e. The van der Waals surface area contributed by atoms with Crippen molar-refractivity contribution in [2.24, 2.45) is 5.92 Å². The third-order valence-electron chi connectivity index (χ3n) is 10.1. The molecule has 2 heterocycles. The molecule has 0 amide bonds. The number of nitrogens with one attached hydrogen (secondary N) is 1. The van der Waals surface area contributed by atoms with Crippen molar-refractivity contribution in [1.82, 2.24) is 15.2 Å². The van der Waals surface area contributed by atoms with Crippen molar-refractivity contribution >= 4 is 29.0 Å². The van der Waals surface area contributed by atoms with Crippen molar-refractivity contribution in [3.63, 3.8) is 0 Å². The summed E-state index contributed by atoms with van der Waals surface area (Å²) in [7, 11) is 0. The van der Waals surface area contributed by atoms with Crippen LogP contribution in [0.3, 0.4) is 0 Å². The van der Waals surface area contributed by atoms with Crippen LogP contribution in [0.25, 0.3) is 11.1 Å². The molecule has 1 aliphatic heterocycles. The fraction of sp³-hybridized carbons (Fsp3) is 0.390. The molecule has 1 N–H and O–H groups in total. The predicted molar refractivity (Wildman–Crippen MR) is 199 cm³/mol. The van der Waals surface area contributed by atoms with Gasteiger partial charge in [0.1, 0.15) is 48.0 Å². The number of nitrogens with zero attached hydrogens (tertiary/aromatic N) is 3. The molecule has 8 nitrogen and oxygen atoms in total. The van der Waals surface area contributed by atoms with Gasteiger partial charge in [-0.1, -0.05) is 53.5 Å². The summed E-state index contributed by atoms with van der Waals surface area (Å²) in [5.41, 5.74) is 6.30. The smallest absolute Gasteiger partial charge is 0.142 e. The molecule has 3 aromatic carbocycles. The monoisotopic (exact) mass is 742 g/mol. The van der Waals surface area contributed by atoms with E-state index in [1.54, 1.807) is 12.3 Å². The Balaban J connectivity index is 1.07. The molecular weight excluding hydrogens is 702 g/mol. The average Bonchev–Trinajstić information content (AvgIpc) is 3.75. The summed E-state index contributed by atoms with van der Waals surface area (Å²) in [6.45, 7) is 3.78. The lowest BCUT2D eigenvalue weighted by Crippen LogP contribution is -2.48. The third-order valence-corrected chi connectivity index (χ3v) is 10.7. The van der Waals surface area contributed by atoms with Crippen LogP contribution in [0.2, 0.25) is 10.0 Å². The summed E-state index contributed by atoms with van der Waals surface area (Å²) < 4.78 is 32.2. The van der Waals surface area contributed by atoms with E-state index in [0.29, 0.717) is 83.6 Å². The zero-order chi connectivity index (χ0) is 36.0. The van der Waals surface area contributed by atoms with Gasteiger partial charge in [-0.2, -0.15) is 5.26 Å². The Hall–Kier alpha value is -4.20. The van der Waals surface area contributed by atoms with E-state index in [4.69, 9.17) is 37.4 Å². The Morgan fingerprint density at radius 3 is 2.63 bits per heavy atom. The van der Waals surface area contributed by atoms with Crippen molar-refractivity contribution in [3.8, 4) is 34.4 Å². The first kappa shape index (κ1) is 36.2. The van der Waals surface area contributed by atoms with E-state index in [1.165, 1.54) is 11.8 Å². The molecule has 4 aromatic rings. The van der Waals surface area contributed by atoms with E-state index in [1.807, 2.05) is 36.4 Å². The molecule has 0 radical (unpaired) electrons. The van der Waals surface area contributed by atoms with Gasteiger partial charge < -0.3 is 19.5 Å². The molecule has 1 aromatic heterocycles. The number of aromatic nitrogens is 1. The molecule has 1 saturated carbocycles. The van der Waals surface area contributed by atoms with Crippen molar-refractivity contribution < 1.29 is 23.4 Å². The Labute approximate surface area is 313 Å². The summed E-state index contributed by atoms with van der Waals surface area (Å²) in [6.07, 6.45) is 6.81. The van der Waals surface area contributed by atoms with Gasteiger partial charge in [0.25, 0.3) is 0 Å². The molecule has 7 rings (SSSR count). The molecule has 2 fully saturated rings. The van der Waals surface area contributed by atoms with Crippen LogP contribution in [0.5, 0.6) is 17.2 Å². The van der Waals surface area contributed by atoms with Crippen LogP contribution in [-0.2, 0) is 24.4 Å². The van der Waals surface area contributed by atoms with Crippen molar-refractivity contribution in [2.45, 2.75) is 64.0 Å². The average molecular weight is 744 g/mol. The van der Waals surface area contributed by atoms with Gasteiger partial charge in [-0.25, -0.2) is 4.39 Å². The number of halogens is 3.